The third-order valence-corrected chi connectivity index (χ3v) is 4.26. The standard InChI is InChI=1S/C16H21N3O3/c1-3-8-17-16(21)19-9-12-14(10-19)22-13-7-5-4-6-11(13)15(20)18(12)2/h4-7,12,14H,3,8-10H2,1-2H3,(H,17,21)/t12-,14+/m1/s1. The van der Waals surface area contributed by atoms with E-state index in [2.05, 4.69) is 5.32 Å². The molecule has 0 radical (unpaired) electrons. The van der Waals surface area contributed by atoms with Gasteiger partial charge in [-0.05, 0) is 18.6 Å². The van der Waals surface area contributed by atoms with Gasteiger partial charge in [0.2, 0.25) is 0 Å². The number of ether oxygens (including phenoxy) is 1. The zero-order valence-electron chi connectivity index (χ0n) is 12.9. The van der Waals surface area contributed by atoms with Crippen LogP contribution in [0.3, 0.4) is 0 Å². The maximum atomic E-state index is 12.6. The van der Waals surface area contributed by atoms with E-state index >= 15 is 0 Å². The van der Waals surface area contributed by atoms with Crippen LogP contribution in [0, 0.1) is 0 Å². The van der Waals surface area contributed by atoms with E-state index in [1.165, 1.54) is 0 Å². The van der Waals surface area contributed by atoms with Crippen LogP contribution in [-0.4, -0.2) is 60.6 Å². The highest BCUT2D eigenvalue weighted by molar-refractivity contribution is 5.97. The van der Waals surface area contributed by atoms with Crippen molar-refractivity contribution < 1.29 is 14.3 Å². The second kappa shape index (κ2) is 5.87. The first kappa shape index (κ1) is 14.7. The van der Waals surface area contributed by atoms with Crippen molar-refractivity contribution in [1.82, 2.24) is 15.1 Å². The smallest absolute Gasteiger partial charge is 0.317 e. The number of para-hydroxylation sites is 1. The van der Waals surface area contributed by atoms with Crippen molar-refractivity contribution >= 4 is 11.9 Å². The summed E-state index contributed by atoms with van der Waals surface area (Å²) in [5.74, 6) is 0.543. The van der Waals surface area contributed by atoms with Crippen molar-refractivity contribution in [1.29, 1.82) is 0 Å². The molecule has 1 saturated heterocycles. The maximum absolute atomic E-state index is 12.6. The average molecular weight is 303 g/mol. The molecule has 1 fully saturated rings. The van der Waals surface area contributed by atoms with Crippen molar-refractivity contribution in [2.75, 3.05) is 26.7 Å². The van der Waals surface area contributed by atoms with Crippen LogP contribution in [0.5, 0.6) is 5.75 Å². The van der Waals surface area contributed by atoms with E-state index in [-0.39, 0.29) is 24.1 Å². The van der Waals surface area contributed by atoms with Crippen LogP contribution in [0.1, 0.15) is 23.7 Å². The molecule has 0 spiro atoms. The topological polar surface area (TPSA) is 61.9 Å². The molecule has 2 aliphatic rings. The molecule has 0 aliphatic carbocycles. The maximum Gasteiger partial charge on any atom is 0.317 e. The number of carbonyl (C=O) groups is 2. The SMILES string of the molecule is CCCNC(=O)N1C[C@@H]2Oc3ccccc3C(=O)N(C)[C@@H]2C1. The summed E-state index contributed by atoms with van der Waals surface area (Å²) in [4.78, 5) is 28.1. The van der Waals surface area contributed by atoms with Gasteiger partial charge in [-0.15, -0.1) is 0 Å². The normalized spacial score (nSPS) is 23.5. The molecule has 2 atom stereocenters. The minimum absolute atomic E-state index is 0.0566. The van der Waals surface area contributed by atoms with E-state index in [9.17, 15) is 9.59 Å². The van der Waals surface area contributed by atoms with Crippen LogP contribution in [0.25, 0.3) is 0 Å². The largest absolute Gasteiger partial charge is 0.486 e. The van der Waals surface area contributed by atoms with Crippen LogP contribution < -0.4 is 10.1 Å². The summed E-state index contributed by atoms with van der Waals surface area (Å²) in [5, 5.41) is 2.87. The third-order valence-electron chi connectivity index (χ3n) is 4.26. The molecule has 0 saturated carbocycles. The van der Waals surface area contributed by atoms with Crippen LogP contribution >= 0.6 is 0 Å². The highest BCUT2D eigenvalue weighted by atomic mass is 16.5. The number of nitrogens with zero attached hydrogens (tertiary/aromatic N) is 2. The molecule has 1 N–H and O–H groups in total. The van der Waals surface area contributed by atoms with Gasteiger partial charge in [-0.25, -0.2) is 4.79 Å². The molecule has 0 aromatic heterocycles. The number of likely N-dealkylation sites (N-methyl/N-ethyl adjacent to an activating group) is 1. The molecule has 1 aromatic carbocycles. The van der Waals surface area contributed by atoms with Gasteiger partial charge < -0.3 is 19.9 Å². The minimum Gasteiger partial charge on any atom is -0.486 e. The summed E-state index contributed by atoms with van der Waals surface area (Å²) in [6, 6.07) is 7.07. The van der Waals surface area contributed by atoms with Gasteiger partial charge in [0.1, 0.15) is 11.9 Å². The lowest BCUT2D eigenvalue weighted by Gasteiger charge is -2.25. The van der Waals surface area contributed by atoms with Crippen LogP contribution in [0.2, 0.25) is 0 Å². The van der Waals surface area contributed by atoms with Crippen molar-refractivity contribution in [3.05, 3.63) is 29.8 Å². The Morgan fingerprint density at radius 2 is 2.14 bits per heavy atom. The van der Waals surface area contributed by atoms with Crippen LogP contribution in [0.15, 0.2) is 24.3 Å². The number of hydrogen-bond acceptors (Lipinski definition) is 3. The fourth-order valence-electron chi connectivity index (χ4n) is 3.00. The molecule has 3 rings (SSSR count). The molecule has 0 bridgehead atoms. The van der Waals surface area contributed by atoms with Crippen LogP contribution in [-0.2, 0) is 0 Å². The number of likely N-dealkylation sites (tertiary alicyclic amines) is 1. The van der Waals surface area contributed by atoms with E-state index in [1.807, 2.05) is 25.1 Å². The number of hydrogen-bond donors (Lipinski definition) is 1. The second-order valence-corrected chi connectivity index (χ2v) is 5.77. The molecule has 2 aliphatic heterocycles. The Kier molecular flexibility index (Phi) is 3.92. The fourth-order valence-corrected chi connectivity index (χ4v) is 3.00. The zero-order chi connectivity index (χ0) is 15.7. The van der Waals surface area contributed by atoms with Crippen molar-refractivity contribution in [3.63, 3.8) is 0 Å². The minimum atomic E-state index is -0.190. The lowest BCUT2D eigenvalue weighted by Crippen LogP contribution is -2.44. The number of benzene rings is 1. The number of nitrogens with one attached hydrogen (secondary N) is 1. The third kappa shape index (κ3) is 2.49. The van der Waals surface area contributed by atoms with E-state index < -0.39 is 0 Å². The Hall–Kier alpha value is -2.24. The van der Waals surface area contributed by atoms with Crippen molar-refractivity contribution in [2.24, 2.45) is 0 Å². The molecular formula is C16H21N3O3. The first-order chi connectivity index (χ1) is 10.6. The second-order valence-electron chi connectivity index (χ2n) is 5.77. The summed E-state index contributed by atoms with van der Waals surface area (Å²) in [7, 11) is 1.78. The molecule has 0 unspecified atom stereocenters. The Morgan fingerprint density at radius 3 is 2.91 bits per heavy atom. The lowest BCUT2D eigenvalue weighted by molar-refractivity contribution is 0.0682. The number of carbonyl (C=O) groups excluding carboxylic acids is 2. The van der Waals surface area contributed by atoms with Gasteiger partial charge in [-0.1, -0.05) is 19.1 Å². The number of urea groups is 1. The van der Waals surface area contributed by atoms with Crippen LogP contribution in [0.4, 0.5) is 4.79 Å². The Balaban J connectivity index is 1.80. The molecule has 2 heterocycles. The van der Waals surface area contributed by atoms with Crippen molar-refractivity contribution in [2.45, 2.75) is 25.5 Å². The highest BCUT2D eigenvalue weighted by Crippen LogP contribution is 2.30. The van der Waals surface area contributed by atoms with E-state index in [0.29, 0.717) is 30.9 Å². The van der Waals surface area contributed by atoms with E-state index in [4.69, 9.17) is 4.74 Å². The highest BCUT2D eigenvalue weighted by Gasteiger charge is 2.43. The first-order valence-corrected chi connectivity index (χ1v) is 7.67. The molecule has 118 valence electrons. The lowest BCUT2D eigenvalue weighted by atomic mass is 10.1. The van der Waals surface area contributed by atoms with Gasteiger partial charge in [-0.2, -0.15) is 0 Å². The van der Waals surface area contributed by atoms with Gasteiger partial charge in [-0.3, -0.25) is 4.79 Å². The fraction of sp³-hybridized carbons (Fsp3) is 0.500. The molecule has 6 nitrogen and oxygen atoms in total. The average Bonchev–Trinajstić information content (AvgIpc) is 2.92. The number of fused-ring (bicyclic) bond motifs is 2. The predicted molar refractivity (Wildman–Crippen MR) is 82.0 cm³/mol. The number of amides is 3. The monoisotopic (exact) mass is 303 g/mol. The van der Waals surface area contributed by atoms with Gasteiger partial charge in [0.25, 0.3) is 5.91 Å². The van der Waals surface area contributed by atoms with E-state index in [1.54, 1.807) is 22.9 Å². The Bertz CT molecular complexity index is 590. The van der Waals surface area contributed by atoms with E-state index in [0.717, 1.165) is 6.42 Å². The quantitative estimate of drug-likeness (QED) is 0.896. The first-order valence-electron chi connectivity index (χ1n) is 7.67. The van der Waals surface area contributed by atoms with Gasteiger partial charge in [0.15, 0.2) is 0 Å². The zero-order valence-corrected chi connectivity index (χ0v) is 12.9. The summed E-state index contributed by atoms with van der Waals surface area (Å²) in [5.41, 5.74) is 0.585. The Labute approximate surface area is 130 Å². The molecule has 22 heavy (non-hydrogen) atoms. The molecule has 1 aromatic rings. The van der Waals surface area contributed by atoms with Gasteiger partial charge in [0.05, 0.1) is 18.2 Å². The Morgan fingerprint density at radius 1 is 1.36 bits per heavy atom. The van der Waals surface area contributed by atoms with Gasteiger partial charge >= 0.3 is 6.03 Å². The van der Waals surface area contributed by atoms with Crippen molar-refractivity contribution in [3.8, 4) is 5.75 Å². The van der Waals surface area contributed by atoms with Gasteiger partial charge in [0, 0.05) is 20.1 Å². The summed E-state index contributed by atoms with van der Waals surface area (Å²) >= 11 is 0. The predicted octanol–water partition coefficient (Wildman–Crippen LogP) is 1.32. The number of rotatable bonds is 2. The molecular weight excluding hydrogens is 282 g/mol. The summed E-state index contributed by atoms with van der Waals surface area (Å²) in [6.45, 7) is 3.66. The molecule has 3 amide bonds. The molecule has 6 heteroatoms. The summed E-state index contributed by atoms with van der Waals surface area (Å²) in [6.07, 6.45) is 0.708. The summed E-state index contributed by atoms with van der Waals surface area (Å²) < 4.78 is 6.02.